The number of benzene rings is 1. The van der Waals surface area contributed by atoms with Crippen LogP contribution in [0, 0.1) is 0 Å². The van der Waals surface area contributed by atoms with Crippen molar-refractivity contribution in [3.63, 3.8) is 0 Å². The van der Waals surface area contributed by atoms with E-state index in [1.165, 1.54) is 6.26 Å². The maximum atomic E-state index is 13.1. The molecule has 3 N–H and O–H groups in total. The Morgan fingerprint density at radius 3 is 2.56 bits per heavy atom. The second kappa shape index (κ2) is 8.98. The minimum atomic E-state index is -2.75. The van der Waals surface area contributed by atoms with Crippen LogP contribution in [0.15, 0.2) is 53.9 Å². The number of anilines is 1. The molecule has 0 bridgehead atoms. The fraction of sp³-hybridized carbons (Fsp3) is 0.360. The van der Waals surface area contributed by atoms with E-state index in [-0.39, 0.29) is 18.8 Å². The third-order valence-electron chi connectivity index (χ3n) is 6.08. The standard InChI is InChI=1S/C25H31N5O3S.H2/c1-16(2)23-19(12-26-15-29-23)21-10-20-22(13-27-21)30(14-25(20,3)4)24(31)28-11-17-6-8-18(9-7-17)34(5,32)33;/h6-10,12-13,15-16,32-33H,11,14H2,1-5H3,(H,28,31);1H. The first-order chi connectivity index (χ1) is 16.0. The van der Waals surface area contributed by atoms with Gasteiger partial charge in [0.05, 0.1) is 28.2 Å². The Balaban J connectivity index is 0.00000342. The lowest BCUT2D eigenvalue weighted by Gasteiger charge is -2.27. The van der Waals surface area contributed by atoms with Crippen molar-refractivity contribution in [1.82, 2.24) is 20.3 Å². The molecule has 8 nitrogen and oxygen atoms in total. The fourth-order valence-electron chi connectivity index (χ4n) is 4.23. The highest BCUT2D eigenvalue weighted by atomic mass is 32.3. The Morgan fingerprint density at radius 2 is 1.91 bits per heavy atom. The first kappa shape index (κ1) is 24.1. The zero-order valence-electron chi connectivity index (χ0n) is 20.1. The first-order valence-corrected chi connectivity index (χ1v) is 13.1. The molecule has 3 aromatic rings. The summed E-state index contributed by atoms with van der Waals surface area (Å²) in [6.45, 7) is 9.30. The Morgan fingerprint density at radius 1 is 1.21 bits per heavy atom. The Kier molecular flexibility index (Phi) is 6.37. The highest BCUT2D eigenvalue weighted by Gasteiger charge is 2.38. The van der Waals surface area contributed by atoms with Crippen molar-refractivity contribution in [2.75, 3.05) is 17.7 Å². The SMILES string of the molecule is CC(C)c1ncncc1-c1cc2c(cn1)N(C(=O)NCc1ccc(S(C)(O)O)cc1)CC2(C)C.[HH]. The second-order valence-electron chi connectivity index (χ2n) is 9.67. The summed E-state index contributed by atoms with van der Waals surface area (Å²) in [5.41, 5.74) is 5.15. The zero-order chi connectivity index (χ0) is 24.7. The third kappa shape index (κ3) is 4.77. The molecule has 9 heteroatoms. The first-order valence-electron chi connectivity index (χ1n) is 11.2. The van der Waals surface area contributed by atoms with Crippen LogP contribution >= 0.6 is 10.6 Å². The summed E-state index contributed by atoms with van der Waals surface area (Å²) >= 11 is 0. The van der Waals surface area contributed by atoms with Gasteiger partial charge in [-0.15, -0.1) is 0 Å². The molecule has 0 fully saturated rings. The van der Waals surface area contributed by atoms with Gasteiger partial charge in [-0.05, 0) is 35.2 Å². The second-order valence-corrected chi connectivity index (χ2v) is 11.8. The molecule has 182 valence electrons. The van der Waals surface area contributed by atoms with Crippen LogP contribution in [-0.2, 0) is 12.0 Å². The molecule has 0 saturated carbocycles. The summed E-state index contributed by atoms with van der Waals surface area (Å²) < 4.78 is 19.5. The van der Waals surface area contributed by atoms with Gasteiger partial charge in [-0.25, -0.2) is 14.8 Å². The number of carbonyl (C=O) groups is 1. The molecule has 34 heavy (non-hydrogen) atoms. The monoisotopic (exact) mass is 483 g/mol. The fourth-order valence-corrected chi connectivity index (χ4v) is 4.89. The van der Waals surface area contributed by atoms with Gasteiger partial charge < -0.3 is 5.32 Å². The Hall–Kier alpha value is -3.01. The average Bonchev–Trinajstić information content (AvgIpc) is 3.07. The molecule has 2 aromatic heterocycles. The maximum Gasteiger partial charge on any atom is 0.322 e. The molecular weight excluding hydrogens is 450 g/mol. The molecule has 0 saturated heterocycles. The van der Waals surface area contributed by atoms with E-state index < -0.39 is 10.6 Å². The van der Waals surface area contributed by atoms with Crippen molar-refractivity contribution in [2.24, 2.45) is 0 Å². The topological polar surface area (TPSA) is 111 Å². The van der Waals surface area contributed by atoms with E-state index in [0.29, 0.717) is 18.0 Å². The number of hydrogen-bond donors (Lipinski definition) is 3. The summed E-state index contributed by atoms with van der Waals surface area (Å²) in [5, 5.41) is 2.97. The van der Waals surface area contributed by atoms with Crippen molar-refractivity contribution in [1.29, 1.82) is 0 Å². The summed E-state index contributed by atoms with van der Waals surface area (Å²) in [4.78, 5) is 28.6. The molecular formula is C25H33N5O3S. The van der Waals surface area contributed by atoms with Crippen molar-refractivity contribution < 1.29 is 15.3 Å². The largest absolute Gasteiger partial charge is 0.334 e. The molecule has 1 aliphatic rings. The molecule has 0 unspecified atom stereocenters. The number of amides is 2. The van der Waals surface area contributed by atoms with Crippen LogP contribution in [0.5, 0.6) is 0 Å². The minimum absolute atomic E-state index is 0. The van der Waals surface area contributed by atoms with Gasteiger partial charge in [-0.3, -0.25) is 19.0 Å². The number of urea groups is 1. The predicted molar refractivity (Wildman–Crippen MR) is 138 cm³/mol. The normalized spacial score (nSPS) is 15.4. The predicted octanol–water partition coefficient (Wildman–Crippen LogP) is 5.65. The molecule has 0 aliphatic carbocycles. The van der Waals surface area contributed by atoms with Crippen LogP contribution in [0.2, 0.25) is 0 Å². The maximum absolute atomic E-state index is 13.1. The summed E-state index contributed by atoms with van der Waals surface area (Å²) in [6, 6.07) is 8.78. The van der Waals surface area contributed by atoms with Gasteiger partial charge in [0.2, 0.25) is 0 Å². The molecule has 0 atom stereocenters. The van der Waals surface area contributed by atoms with Gasteiger partial charge in [0.15, 0.2) is 0 Å². The van der Waals surface area contributed by atoms with Crippen molar-refractivity contribution >= 4 is 22.3 Å². The number of pyridine rings is 1. The van der Waals surface area contributed by atoms with E-state index in [2.05, 4.69) is 54.0 Å². The van der Waals surface area contributed by atoms with Gasteiger partial charge in [0.1, 0.15) is 6.33 Å². The number of aromatic nitrogens is 3. The zero-order valence-corrected chi connectivity index (χ0v) is 20.9. The molecule has 1 aliphatic heterocycles. The van der Waals surface area contributed by atoms with E-state index in [9.17, 15) is 13.9 Å². The average molecular weight is 484 g/mol. The van der Waals surface area contributed by atoms with Crippen LogP contribution in [-0.4, -0.2) is 42.9 Å². The summed E-state index contributed by atoms with van der Waals surface area (Å²) in [6.07, 6.45) is 6.51. The quantitative estimate of drug-likeness (QED) is 0.432. The Bertz CT molecular complexity index is 1210. The van der Waals surface area contributed by atoms with Crippen molar-refractivity contribution in [3.8, 4) is 11.3 Å². The van der Waals surface area contributed by atoms with Gasteiger partial charge in [0.25, 0.3) is 0 Å². The highest BCUT2D eigenvalue weighted by molar-refractivity contribution is 8.23. The van der Waals surface area contributed by atoms with Gasteiger partial charge in [-0.2, -0.15) is 10.6 Å². The molecule has 1 aromatic carbocycles. The lowest BCUT2D eigenvalue weighted by atomic mass is 9.86. The van der Waals surface area contributed by atoms with E-state index in [1.54, 1.807) is 47.9 Å². The molecule has 0 radical (unpaired) electrons. The summed E-state index contributed by atoms with van der Waals surface area (Å²) in [7, 11) is -2.75. The van der Waals surface area contributed by atoms with Gasteiger partial charge in [0, 0.05) is 37.9 Å². The molecule has 4 rings (SSSR count). The van der Waals surface area contributed by atoms with Crippen LogP contribution in [0.3, 0.4) is 0 Å². The van der Waals surface area contributed by atoms with Crippen LogP contribution in [0.1, 0.15) is 51.9 Å². The van der Waals surface area contributed by atoms with Gasteiger partial charge in [-0.1, -0.05) is 39.8 Å². The highest BCUT2D eigenvalue weighted by Crippen LogP contribution is 2.44. The van der Waals surface area contributed by atoms with Crippen LogP contribution < -0.4 is 10.2 Å². The van der Waals surface area contributed by atoms with E-state index in [0.717, 1.165) is 33.8 Å². The number of fused-ring (bicyclic) bond motifs is 1. The Labute approximate surface area is 203 Å². The van der Waals surface area contributed by atoms with Gasteiger partial charge >= 0.3 is 6.03 Å². The molecule has 2 amide bonds. The smallest absolute Gasteiger partial charge is 0.322 e. The number of rotatable bonds is 5. The number of nitrogens with zero attached hydrogens (tertiary/aromatic N) is 4. The number of nitrogens with one attached hydrogen (secondary N) is 1. The van der Waals surface area contributed by atoms with Crippen molar-refractivity contribution in [2.45, 2.75) is 50.5 Å². The van der Waals surface area contributed by atoms with E-state index in [1.807, 2.05) is 0 Å². The molecule has 0 spiro atoms. The minimum Gasteiger partial charge on any atom is -0.334 e. The van der Waals surface area contributed by atoms with Crippen LogP contribution in [0.25, 0.3) is 11.3 Å². The lowest BCUT2D eigenvalue weighted by molar-refractivity contribution is 0.245. The van der Waals surface area contributed by atoms with E-state index >= 15 is 0 Å². The van der Waals surface area contributed by atoms with Crippen LogP contribution in [0.4, 0.5) is 10.5 Å². The number of hydrogen-bond acceptors (Lipinski definition) is 6. The third-order valence-corrected chi connectivity index (χ3v) is 7.25. The number of carbonyl (C=O) groups excluding carboxylic acids is 1. The summed E-state index contributed by atoms with van der Waals surface area (Å²) in [5.74, 6) is 0.238. The van der Waals surface area contributed by atoms with E-state index in [4.69, 9.17) is 0 Å². The van der Waals surface area contributed by atoms with Crippen molar-refractivity contribution in [3.05, 3.63) is 65.9 Å². The lowest BCUT2D eigenvalue weighted by Crippen LogP contribution is -2.41. The molecule has 3 heterocycles.